The molecule has 206 valence electrons. The predicted molar refractivity (Wildman–Crippen MR) is 134 cm³/mol. The summed E-state index contributed by atoms with van der Waals surface area (Å²) in [5.74, 6) is -2.09. The van der Waals surface area contributed by atoms with Crippen LogP contribution >= 0.6 is 0 Å². The first-order chi connectivity index (χ1) is 18.1. The summed E-state index contributed by atoms with van der Waals surface area (Å²) >= 11 is 0. The number of halogens is 5. The van der Waals surface area contributed by atoms with E-state index in [9.17, 15) is 13.9 Å². The molecule has 0 spiro atoms. The summed E-state index contributed by atoms with van der Waals surface area (Å²) in [5, 5.41) is 10.2. The van der Waals surface area contributed by atoms with Crippen LogP contribution in [0.2, 0.25) is 0 Å². The van der Waals surface area contributed by atoms with Gasteiger partial charge in [-0.25, -0.2) is 17.6 Å². The lowest BCUT2D eigenvalue weighted by Crippen LogP contribution is -2.53. The largest absolute Gasteiger partial charge is 0.488 e. The minimum Gasteiger partial charge on any atom is -0.488 e. The van der Waals surface area contributed by atoms with E-state index < -0.39 is 42.4 Å². The van der Waals surface area contributed by atoms with Crippen molar-refractivity contribution >= 4 is 10.9 Å². The summed E-state index contributed by atoms with van der Waals surface area (Å²) in [4.78, 5) is 6.84. The molecule has 1 aromatic heterocycles. The molecule has 1 saturated heterocycles. The topological polar surface area (TPSA) is 51.7 Å². The third-order valence-electron chi connectivity index (χ3n) is 7.57. The van der Waals surface area contributed by atoms with Crippen LogP contribution in [-0.4, -0.2) is 77.2 Å². The average Bonchev–Trinajstić information content (AvgIpc) is 3.18. The molecule has 0 radical (unpaired) electrons. The number of benzene rings is 2. The number of H-pyrrole nitrogens is 1. The molecule has 2 aromatic carbocycles. The van der Waals surface area contributed by atoms with Gasteiger partial charge in [-0.2, -0.15) is 0 Å². The Kier molecular flexibility index (Phi) is 7.41. The fraction of sp³-hybridized carbons (Fsp3) is 0.500. The number of nitrogens with zero attached hydrogens (tertiary/aromatic N) is 2. The number of aromatic nitrogens is 1. The molecule has 0 saturated carbocycles. The third-order valence-corrected chi connectivity index (χ3v) is 7.57. The number of aliphatic hydroxyl groups excluding tert-OH is 1. The Morgan fingerprint density at radius 2 is 1.84 bits per heavy atom. The Morgan fingerprint density at radius 3 is 2.50 bits per heavy atom. The van der Waals surface area contributed by atoms with Gasteiger partial charge < -0.3 is 14.8 Å². The van der Waals surface area contributed by atoms with E-state index in [4.69, 9.17) is 4.74 Å². The highest BCUT2D eigenvalue weighted by atomic mass is 19.2. The summed E-state index contributed by atoms with van der Waals surface area (Å²) in [5.41, 5.74) is -0.491. The lowest BCUT2D eigenvalue weighted by molar-refractivity contribution is 0.0151. The minimum absolute atomic E-state index is 0.0407. The molecule has 38 heavy (non-hydrogen) atoms. The molecule has 0 bridgehead atoms. The summed E-state index contributed by atoms with van der Waals surface area (Å²) in [6, 6.07) is 5.11. The normalized spacial score (nSPS) is 22.3. The fourth-order valence-corrected chi connectivity index (χ4v) is 5.66. The van der Waals surface area contributed by atoms with E-state index in [1.165, 1.54) is 19.1 Å². The smallest absolute Gasteiger partial charge is 0.143 e. The van der Waals surface area contributed by atoms with E-state index in [-0.39, 0.29) is 30.0 Å². The molecule has 3 heterocycles. The molecule has 0 aliphatic carbocycles. The van der Waals surface area contributed by atoms with E-state index >= 15 is 13.2 Å². The number of hydrogen-bond acceptors (Lipinski definition) is 4. The monoisotopic (exact) mass is 537 g/mol. The Morgan fingerprint density at radius 1 is 1.13 bits per heavy atom. The van der Waals surface area contributed by atoms with Crippen LogP contribution in [0.3, 0.4) is 0 Å². The summed E-state index contributed by atoms with van der Waals surface area (Å²) in [6.07, 6.45) is 0.580. The van der Waals surface area contributed by atoms with Gasteiger partial charge in [-0.3, -0.25) is 14.2 Å². The van der Waals surface area contributed by atoms with Gasteiger partial charge in [0.1, 0.15) is 35.0 Å². The van der Waals surface area contributed by atoms with Crippen LogP contribution in [0.1, 0.15) is 43.1 Å². The molecule has 3 atom stereocenters. The molecule has 5 nitrogen and oxygen atoms in total. The maximum absolute atomic E-state index is 15.7. The van der Waals surface area contributed by atoms with Crippen molar-refractivity contribution in [2.24, 2.45) is 0 Å². The highest BCUT2D eigenvalue weighted by Crippen LogP contribution is 2.44. The number of rotatable bonds is 9. The van der Waals surface area contributed by atoms with E-state index in [1.807, 2.05) is 11.8 Å². The zero-order valence-electron chi connectivity index (χ0n) is 21.4. The van der Waals surface area contributed by atoms with Crippen LogP contribution < -0.4 is 4.74 Å². The quantitative estimate of drug-likeness (QED) is 0.375. The second kappa shape index (κ2) is 10.5. The fourth-order valence-electron chi connectivity index (χ4n) is 5.66. The molecule has 2 aliphatic rings. The Hall–Kier alpha value is -2.69. The number of aromatic amines is 1. The van der Waals surface area contributed by atoms with Crippen molar-refractivity contribution < 1.29 is 31.8 Å². The Bertz CT molecular complexity index is 1280. The maximum atomic E-state index is 15.7. The second-order valence-electron chi connectivity index (χ2n) is 10.7. The molecule has 1 unspecified atom stereocenters. The highest BCUT2D eigenvalue weighted by molar-refractivity contribution is 5.85. The lowest BCUT2D eigenvalue weighted by atomic mass is 9.87. The maximum Gasteiger partial charge on any atom is 0.143 e. The third kappa shape index (κ3) is 5.13. The van der Waals surface area contributed by atoms with Gasteiger partial charge in [-0.05, 0) is 50.5 Å². The van der Waals surface area contributed by atoms with Gasteiger partial charge >= 0.3 is 0 Å². The number of fused-ring (bicyclic) bond motifs is 3. The van der Waals surface area contributed by atoms with E-state index in [1.54, 1.807) is 11.0 Å². The van der Waals surface area contributed by atoms with Crippen molar-refractivity contribution in [1.82, 2.24) is 14.8 Å². The van der Waals surface area contributed by atoms with Gasteiger partial charge in [0.05, 0.1) is 19.3 Å². The number of aliphatic hydroxyl groups is 1. The van der Waals surface area contributed by atoms with Gasteiger partial charge in [-0.1, -0.05) is 0 Å². The van der Waals surface area contributed by atoms with E-state index in [2.05, 4.69) is 4.98 Å². The summed E-state index contributed by atoms with van der Waals surface area (Å²) < 4.78 is 78.8. The molecular formula is C28H32F5N3O2. The van der Waals surface area contributed by atoms with Crippen LogP contribution in [-0.2, 0) is 6.42 Å². The van der Waals surface area contributed by atoms with Crippen LogP contribution in [0.4, 0.5) is 22.0 Å². The molecule has 3 aromatic rings. The molecule has 2 aliphatic heterocycles. The van der Waals surface area contributed by atoms with Crippen molar-refractivity contribution in [3.05, 3.63) is 64.6 Å². The average molecular weight is 538 g/mol. The number of alkyl halides is 2. The van der Waals surface area contributed by atoms with E-state index in [0.29, 0.717) is 49.1 Å². The summed E-state index contributed by atoms with van der Waals surface area (Å²) in [6.45, 7) is 3.33. The van der Waals surface area contributed by atoms with E-state index in [0.717, 1.165) is 17.7 Å². The zero-order valence-corrected chi connectivity index (χ0v) is 21.4. The minimum atomic E-state index is -2.02. The lowest BCUT2D eigenvalue weighted by Gasteiger charge is -2.43. The Balaban J connectivity index is 1.52. The number of hydrogen-bond donors (Lipinski definition) is 2. The van der Waals surface area contributed by atoms with Crippen LogP contribution in [0, 0.1) is 17.5 Å². The molecule has 5 rings (SSSR count). The van der Waals surface area contributed by atoms with Crippen molar-refractivity contribution in [3.63, 3.8) is 0 Å². The van der Waals surface area contributed by atoms with Crippen molar-refractivity contribution in [2.75, 3.05) is 39.5 Å². The number of likely N-dealkylation sites (tertiary alicyclic amines) is 1. The molecule has 1 fully saturated rings. The van der Waals surface area contributed by atoms with Crippen LogP contribution in [0.15, 0.2) is 30.3 Å². The zero-order chi connectivity index (χ0) is 27.2. The Labute approximate surface area is 218 Å². The van der Waals surface area contributed by atoms with Gasteiger partial charge in [0.25, 0.3) is 0 Å². The molecule has 10 heteroatoms. The van der Waals surface area contributed by atoms with Crippen molar-refractivity contribution in [1.29, 1.82) is 0 Å². The number of nitrogens with one attached hydrogen (secondary N) is 1. The highest BCUT2D eigenvalue weighted by Gasteiger charge is 2.42. The van der Waals surface area contributed by atoms with Crippen LogP contribution in [0.5, 0.6) is 5.75 Å². The molecule has 0 amide bonds. The summed E-state index contributed by atoms with van der Waals surface area (Å²) in [7, 11) is 0. The molecule has 2 N–H and O–H groups in total. The first-order valence-electron chi connectivity index (χ1n) is 12.9. The molecular weight excluding hydrogens is 505 g/mol. The first-order valence-corrected chi connectivity index (χ1v) is 12.9. The van der Waals surface area contributed by atoms with Crippen LogP contribution in [0.25, 0.3) is 10.9 Å². The second-order valence-corrected chi connectivity index (χ2v) is 10.7. The number of ether oxygens (including phenoxy) is 1. The van der Waals surface area contributed by atoms with Crippen molar-refractivity contribution in [2.45, 2.75) is 50.5 Å². The first kappa shape index (κ1) is 26.9. The van der Waals surface area contributed by atoms with Gasteiger partial charge in [0, 0.05) is 66.5 Å². The predicted octanol–water partition coefficient (Wildman–Crippen LogP) is 5.06. The van der Waals surface area contributed by atoms with Crippen molar-refractivity contribution in [3.8, 4) is 5.75 Å². The van der Waals surface area contributed by atoms with Gasteiger partial charge in [0.2, 0.25) is 0 Å². The SMILES string of the molecule is C[C@@H]1Cc2c([nH]c3ccc(F)cc23)[C@@H](c2c(F)cc(OC3CN(CCCF)C3)cc2F)N1CC(C)(F)CO. The van der Waals surface area contributed by atoms with Gasteiger partial charge in [0.15, 0.2) is 0 Å². The van der Waals surface area contributed by atoms with Gasteiger partial charge in [-0.15, -0.1) is 0 Å². The standard InChI is InChI=1S/C28H32F5N3O2/c1-16-8-21-20-9-17(30)4-5-24(20)34-26(21)27(36(16)14-28(2,33)15-37)25-22(31)10-18(11-23(25)32)38-19-12-35(13-19)7-3-6-29/h4-5,9-11,16,19,27,34,37H,3,6-8,12-15H2,1-2H3/t16-,27-,28?/m1/s1.